The van der Waals surface area contributed by atoms with E-state index in [1.54, 1.807) is 0 Å². The van der Waals surface area contributed by atoms with Crippen molar-refractivity contribution in [1.82, 2.24) is 20.9 Å². The molecule has 2 rings (SSSR count). The lowest BCUT2D eigenvalue weighted by atomic mass is 10.1. The van der Waals surface area contributed by atoms with Crippen LogP contribution in [0.25, 0.3) is 0 Å². The summed E-state index contributed by atoms with van der Waals surface area (Å²) in [4.78, 5) is 12.1. The average molecular weight is 274 g/mol. The molecule has 2 aliphatic rings. The molecule has 19 heavy (non-hydrogen) atoms. The molecule has 112 valence electrons. The van der Waals surface area contributed by atoms with E-state index >= 15 is 0 Å². The number of nitrogens with one attached hydrogen (secondary N) is 3. The Morgan fingerprint density at radius 2 is 1.53 bits per heavy atom. The van der Waals surface area contributed by atoms with Crippen LogP contribution in [0, 0.1) is 0 Å². The predicted octanol–water partition coefficient (Wildman–Crippen LogP) is -2.24. The third kappa shape index (κ3) is 4.96. The SMILES string of the molecule is OC[C@H]([C@H]1COO1)N1CCNCCNCCNCC1. The van der Waals surface area contributed by atoms with Crippen molar-refractivity contribution in [1.29, 1.82) is 0 Å². The molecule has 2 atom stereocenters. The standard InChI is InChI=1S/C12H26N4O3/c17-9-11(12-10-18-19-12)16-7-5-14-3-1-13-2-4-15-6-8-16/h11-15,17H,1-10H2/t11-,12-/m1/s1. The monoisotopic (exact) mass is 274 g/mol. The molecule has 0 spiro atoms. The van der Waals surface area contributed by atoms with Crippen LogP contribution in [0.1, 0.15) is 0 Å². The van der Waals surface area contributed by atoms with Gasteiger partial charge in [-0.15, -0.1) is 0 Å². The second-order valence-corrected chi connectivity index (χ2v) is 4.96. The summed E-state index contributed by atoms with van der Waals surface area (Å²) in [5.74, 6) is 0. The maximum atomic E-state index is 9.57. The quantitative estimate of drug-likeness (QED) is 0.434. The summed E-state index contributed by atoms with van der Waals surface area (Å²) in [6.45, 7) is 8.27. The molecule has 2 saturated heterocycles. The van der Waals surface area contributed by atoms with Crippen LogP contribution >= 0.6 is 0 Å². The van der Waals surface area contributed by atoms with E-state index in [2.05, 4.69) is 20.9 Å². The summed E-state index contributed by atoms with van der Waals surface area (Å²) in [5, 5.41) is 19.8. The Morgan fingerprint density at radius 1 is 1.00 bits per heavy atom. The highest BCUT2D eigenvalue weighted by Gasteiger charge is 2.34. The molecule has 2 aliphatic heterocycles. The van der Waals surface area contributed by atoms with Crippen molar-refractivity contribution in [2.45, 2.75) is 12.1 Å². The van der Waals surface area contributed by atoms with Gasteiger partial charge in [-0.1, -0.05) is 0 Å². The van der Waals surface area contributed by atoms with Crippen LogP contribution in [-0.4, -0.2) is 87.7 Å². The molecule has 0 aromatic heterocycles. The number of hydrogen-bond acceptors (Lipinski definition) is 7. The van der Waals surface area contributed by atoms with E-state index in [4.69, 9.17) is 9.78 Å². The van der Waals surface area contributed by atoms with E-state index in [0.29, 0.717) is 6.61 Å². The third-order valence-electron chi connectivity index (χ3n) is 3.62. The molecule has 0 aromatic rings. The van der Waals surface area contributed by atoms with Gasteiger partial charge in [0.15, 0.2) is 0 Å². The molecule has 0 aliphatic carbocycles. The van der Waals surface area contributed by atoms with Crippen LogP contribution in [0.15, 0.2) is 0 Å². The van der Waals surface area contributed by atoms with E-state index < -0.39 is 0 Å². The lowest BCUT2D eigenvalue weighted by Gasteiger charge is -2.38. The van der Waals surface area contributed by atoms with Gasteiger partial charge in [-0.3, -0.25) is 4.90 Å². The first kappa shape index (κ1) is 15.1. The first-order valence-electron chi connectivity index (χ1n) is 7.17. The Balaban J connectivity index is 1.82. The van der Waals surface area contributed by atoms with Crippen molar-refractivity contribution in [3.63, 3.8) is 0 Å². The summed E-state index contributed by atoms with van der Waals surface area (Å²) in [7, 11) is 0. The van der Waals surface area contributed by atoms with Gasteiger partial charge in [0.2, 0.25) is 0 Å². The van der Waals surface area contributed by atoms with E-state index in [1.165, 1.54) is 0 Å². The molecule has 2 heterocycles. The molecule has 0 saturated carbocycles. The van der Waals surface area contributed by atoms with Crippen molar-refractivity contribution in [2.75, 3.05) is 65.6 Å². The van der Waals surface area contributed by atoms with E-state index in [1.807, 2.05) is 0 Å². The second kappa shape index (κ2) is 8.80. The molecule has 2 fully saturated rings. The molecule has 0 bridgehead atoms. The highest BCUT2D eigenvalue weighted by molar-refractivity contribution is 4.82. The molecule has 7 heteroatoms. The summed E-state index contributed by atoms with van der Waals surface area (Å²) in [6, 6.07) is 0.0263. The Bertz CT molecular complexity index is 229. The smallest absolute Gasteiger partial charge is 0.137 e. The minimum atomic E-state index is -0.000396. The van der Waals surface area contributed by atoms with Gasteiger partial charge >= 0.3 is 0 Å². The molecular weight excluding hydrogens is 248 g/mol. The predicted molar refractivity (Wildman–Crippen MR) is 71.9 cm³/mol. The van der Waals surface area contributed by atoms with Crippen LogP contribution in [0.3, 0.4) is 0 Å². The summed E-state index contributed by atoms with van der Waals surface area (Å²) in [6.07, 6.45) is -0.000396. The minimum absolute atomic E-state index is 0.000396. The number of hydrogen-bond donors (Lipinski definition) is 4. The molecule has 0 unspecified atom stereocenters. The molecular formula is C12H26N4O3. The lowest BCUT2D eigenvalue weighted by Crippen LogP contribution is -2.56. The van der Waals surface area contributed by atoms with Gasteiger partial charge in [0, 0.05) is 52.4 Å². The van der Waals surface area contributed by atoms with Gasteiger partial charge in [-0.05, 0) is 0 Å². The zero-order valence-corrected chi connectivity index (χ0v) is 11.4. The molecule has 0 aromatic carbocycles. The Hall–Kier alpha value is -0.280. The van der Waals surface area contributed by atoms with Crippen molar-refractivity contribution >= 4 is 0 Å². The van der Waals surface area contributed by atoms with Gasteiger partial charge < -0.3 is 21.1 Å². The number of rotatable bonds is 3. The fourth-order valence-corrected chi connectivity index (χ4v) is 2.41. The van der Waals surface area contributed by atoms with Gasteiger partial charge in [0.05, 0.1) is 12.6 Å². The van der Waals surface area contributed by atoms with E-state index in [0.717, 1.165) is 52.4 Å². The van der Waals surface area contributed by atoms with Crippen LogP contribution in [0.4, 0.5) is 0 Å². The molecule has 0 amide bonds. The van der Waals surface area contributed by atoms with Gasteiger partial charge in [-0.2, -0.15) is 0 Å². The fourth-order valence-electron chi connectivity index (χ4n) is 2.41. The van der Waals surface area contributed by atoms with Crippen LogP contribution in [-0.2, 0) is 9.78 Å². The molecule has 4 N–H and O–H groups in total. The van der Waals surface area contributed by atoms with E-state index in [-0.39, 0.29) is 18.8 Å². The van der Waals surface area contributed by atoms with Crippen LogP contribution in [0.2, 0.25) is 0 Å². The minimum Gasteiger partial charge on any atom is -0.395 e. The summed E-state index contributed by atoms with van der Waals surface area (Å²) < 4.78 is 0. The zero-order valence-electron chi connectivity index (χ0n) is 11.4. The van der Waals surface area contributed by atoms with Gasteiger partial charge in [-0.25, -0.2) is 9.78 Å². The summed E-state index contributed by atoms with van der Waals surface area (Å²) >= 11 is 0. The van der Waals surface area contributed by atoms with Crippen LogP contribution in [0.5, 0.6) is 0 Å². The highest BCUT2D eigenvalue weighted by Crippen LogP contribution is 2.15. The number of aliphatic hydroxyl groups is 1. The van der Waals surface area contributed by atoms with Crippen LogP contribution < -0.4 is 16.0 Å². The second-order valence-electron chi connectivity index (χ2n) is 4.96. The first-order valence-corrected chi connectivity index (χ1v) is 7.17. The Morgan fingerprint density at radius 3 is 1.95 bits per heavy atom. The van der Waals surface area contributed by atoms with E-state index in [9.17, 15) is 5.11 Å². The van der Waals surface area contributed by atoms with Crippen molar-refractivity contribution in [3.05, 3.63) is 0 Å². The zero-order chi connectivity index (χ0) is 13.3. The van der Waals surface area contributed by atoms with Gasteiger partial charge in [0.25, 0.3) is 0 Å². The topological polar surface area (TPSA) is 78.0 Å². The largest absolute Gasteiger partial charge is 0.395 e. The summed E-state index contributed by atoms with van der Waals surface area (Å²) in [5.41, 5.74) is 0. The fraction of sp³-hybridized carbons (Fsp3) is 1.00. The number of aliphatic hydroxyl groups excluding tert-OH is 1. The highest BCUT2D eigenvalue weighted by atomic mass is 17.2. The van der Waals surface area contributed by atoms with Crippen molar-refractivity contribution in [3.8, 4) is 0 Å². The Kier molecular flexibility index (Phi) is 7.00. The first-order chi connectivity index (χ1) is 9.42. The third-order valence-corrected chi connectivity index (χ3v) is 3.62. The van der Waals surface area contributed by atoms with Crippen molar-refractivity contribution < 1.29 is 14.9 Å². The average Bonchev–Trinajstić information content (AvgIpc) is 2.35. The molecule has 0 radical (unpaired) electrons. The maximum Gasteiger partial charge on any atom is 0.137 e. The molecule has 7 nitrogen and oxygen atoms in total. The lowest BCUT2D eigenvalue weighted by molar-refractivity contribution is -0.434. The van der Waals surface area contributed by atoms with Gasteiger partial charge in [0.1, 0.15) is 12.7 Å². The Labute approximate surface area is 114 Å². The number of nitrogens with zero attached hydrogens (tertiary/aromatic N) is 1. The van der Waals surface area contributed by atoms with Crippen molar-refractivity contribution in [2.24, 2.45) is 0 Å². The normalized spacial score (nSPS) is 29.8. The maximum absolute atomic E-state index is 9.57.